The first-order chi connectivity index (χ1) is 15.5. The lowest BCUT2D eigenvalue weighted by molar-refractivity contribution is -0.134. The Balaban J connectivity index is 1.33. The number of benzene rings is 1. The number of amides is 2. The van der Waals surface area contributed by atoms with E-state index in [4.69, 9.17) is 5.10 Å². The minimum absolute atomic E-state index is 0.190. The maximum atomic E-state index is 12.5. The molecule has 2 N–H and O–H groups in total. The molecule has 8 nitrogen and oxygen atoms in total. The van der Waals surface area contributed by atoms with E-state index in [0.29, 0.717) is 18.9 Å². The molecule has 8 heteroatoms. The Morgan fingerprint density at radius 3 is 2.69 bits per heavy atom. The zero-order valence-corrected chi connectivity index (χ0v) is 19.1. The van der Waals surface area contributed by atoms with Crippen molar-refractivity contribution in [1.82, 2.24) is 25.3 Å². The summed E-state index contributed by atoms with van der Waals surface area (Å²) in [6.07, 6.45) is 3.29. The molecule has 2 atom stereocenters. The van der Waals surface area contributed by atoms with Gasteiger partial charge in [0.25, 0.3) is 0 Å². The van der Waals surface area contributed by atoms with Crippen molar-refractivity contribution < 1.29 is 9.59 Å². The average molecular weight is 439 g/mol. The highest BCUT2D eigenvalue weighted by Crippen LogP contribution is 2.36. The molecule has 0 aliphatic carbocycles. The van der Waals surface area contributed by atoms with Crippen LogP contribution in [-0.2, 0) is 16.6 Å². The molecule has 172 valence electrons. The normalized spacial score (nSPS) is 26.0. The maximum Gasteiger partial charge on any atom is 0.235 e. The first-order valence-corrected chi connectivity index (χ1v) is 12.0. The van der Waals surface area contributed by atoms with Crippen LogP contribution in [0.4, 0.5) is 5.69 Å². The lowest BCUT2D eigenvalue weighted by Crippen LogP contribution is -2.52. The van der Waals surface area contributed by atoms with Gasteiger partial charge in [0.15, 0.2) is 0 Å². The minimum atomic E-state index is -0.363. The van der Waals surface area contributed by atoms with Crippen molar-refractivity contribution in [3.63, 3.8) is 0 Å². The predicted octanol–water partition coefficient (Wildman–Crippen LogP) is 1.60. The lowest BCUT2D eigenvalue weighted by Gasteiger charge is -2.40. The second-order valence-corrected chi connectivity index (χ2v) is 9.66. The van der Waals surface area contributed by atoms with Gasteiger partial charge in [-0.15, -0.1) is 0 Å². The Morgan fingerprint density at radius 2 is 1.94 bits per heavy atom. The minimum Gasteiger partial charge on any atom is -0.370 e. The van der Waals surface area contributed by atoms with Gasteiger partial charge in [0.05, 0.1) is 22.8 Å². The number of aryl methyl sites for hydroxylation is 1. The number of imide groups is 1. The summed E-state index contributed by atoms with van der Waals surface area (Å²) in [5.41, 5.74) is 3.07. The number of hydrogen-bond acceptors (Lipinski definition) is 6. The predicted molar refractivity (Wildman–Crippen MR) is 125 cm³/mol. The highest BCUT2D eigenvalue weighted by atomic mass is 16.2. The SMILES string of the molecule is CC1CNCCN1CC1CCN(c2cccc3c(C4CCC(=O)NC4=O)nn(C)c23)CC1. The fraction of sp³-hybridized carbons (Fsp3) is 0.625. The van der Waals surface area contributed by atoms with Gasteiger partial charge in [-0.1, -0.05) is 12.1 Å². The summed E-state index contributed by atoms with van der Waals surface area (Å²) < 4.78 is 1.91. The molecule has 3 aliphatic heterocycles. The first kappa shape index (κ1) is 21.4. The third kappa shape index (κ3) is 4.01. The number of anilines is 1. The Labute approximate surface area is 189 Å². The van der Waals surface area contributed by atoms with Gasteiger partial charge >= 0.3 is 0 Å². The second kappa shape index (κ2) is 8.83. The number of fused-ring (bicyclic) bond motifs is 1. The quantitative estimate of drug-likeness (QED) is 0.706. The molecule has 3 fully saturated rings. The summed E-state index contributed by atoms with van der Waals surface area (Å²) in [6, 6.07) is 6.93. The van der Waals surface area contributed by atoms with E-state index in [-0.39, 0.29) is 17.7 Å². The summed E-state index contributed by atoms with van der Waals surface area (Å²) in [7, 11) is 1.96. The molecule has 0 radical (unpaired) electrons. The third-order valence-corrected chi connectivity index (χ3v) is 7.53. The standard InChI is InChI=1S/C24H34N6O2/c1-16-14-25-10-13-30(16)15-17-8-11-29(12-9-17)20-5-3-4-18-22(27-28(2)23(18)20)19-6-7-21(31)26-24(19)32/h3-5,16-17,19,25H,6-15H2,1-2H3,(H,26,31,32). The summed E-state index contributed by atoms with van der Waals surface area (Å²) in [5, 5.41) is 11.7. The third-order valence-electron chi connectivity index (χ3n) is 7.53. The number of nitrogens with one attached hydrogen (secondary N) is 2. The zero-order chi connectivity index (χ0) is 22.2. The molecule has 2 unspecified atom stereocenters. The van der Waals surface area contributed by atoms with E-state index in [1.54, 1.807) is 0 Å². The Kier molecular flexibility index (Phi) is 5.90. The number of carbonyl (C=O) groups excluding carboxylic acids is 2. The summed E-state index contributed by atoms with van der Waals surface area (Å²) >= 11 is 0. The molecule has 32 heavy (non-hydrogen) atoms. The van der Waals surface area contributed by atoms with Crippen molar-refractivity contribution in [2.24, 2.45) is 13.0 Å². The largest absolute Gasteiger partial charge is 0.370 e. The van der Waals surface area contributed by atoms with E-state index in [9.17, 15) is 9.59 Å². The van der Waals surface area contributed by atoms with E-state index in [2.05, 4.69) is 45.6 Å². The highest BCUT2D eigenvalue weighted by Gasteiger charge is 2.33. The van der Waals surface area contributed by atoms with Crippen molar-refractivity contribution in [2.75, 3.05) is 44.2 Å². The van der Waals surface area contributed by atoms with E-state index in [1.807, 2.05) is 11.7 Å². The highest BCUT2D eigenvalue weighted by molar-refractivity contribution is 6.03. The topological polar surface area (TPSA) is 82.5 Å². The molecular formula is C24H34N6O2. The molecule has 1 aromatic heterocycles. The van der Waals surface area contributed by atoms with Crippen molar-refractivity contribution in [1.29, 1.82) is 0 Å². The van der Waals surface area contributed by atoms with Crippen molar-refractivity contribution >= 4 is 28.4 Å². The van der Waals surface area contributed by atoms with Crippen LogP contribution in [-0.4, -0.2) is 71.8 Å². The van der Waals surface area contributed by atoms with Crippen molar-refractivity contribution in [2.45, 2.75) is 44.6 Å². The Morgan fingerprint density at radius 1 is 1.12 bits per heavy atom. The van der Waals surface area contributed by atoms with Crippen LogP contribution in [0.3, 0.4) is 0 Å². The molecule has 0 saturated carbocycles. The smallest absolute Gasteiger partial charge is 0.235 e. The van der Waals surface area contributed by atoms with Crippen molar-refractivity contribution in [3.8, 4) is 0 Å². The number of nitrogens with zero attached hydrogens (tertiary/aromatic N) is 4. The first-order valence-electron chi connectivity index (χ1n) is 12.0. The molecule has 3 saturated heterocycles. The lowest BCUT2D eigenvalue weighted by atomic mass is 9.92. The Bertz CT molecular complexity index is 1010. The molecule has 0 spiro atoms. The fourth-order valence-electron chi connectivity index (χ4n) is 5.65. The zero-order valence-electron chi connectivity index (χ0n) is 19.1. The maximum absolute atomic E-state index is 12.5. The van der Waals surface area contributed by atoms with E-state index in [1.165, 1.54) is 25.1 Å². The van der Waals surface area contributed by atoms with Crippen LogP contribution < -0.4 is 15.5 Å². The molecule has 4 heterocycles. The number of carbonyl (C=O) groups is 2. The van der Waals surface area contributed by atoms with Gasteiger partial charge in [0.2, 0.25) is 11.8 Å². The molecule has 1 aromatic carbocycles. The van der Waals surface area contributed by atoms with Crippen LogP contribution in [0.1, 0.15) is 44.2 Å². The fourth-order valence-corrected chi connectivity index (χ4v) is 5.65. The molecule has 0 bridgehead atoms. The Hall–Kier alpha value is -2.45. The van der Waals surface area contributed by atoms with Crippen LogP contribution in [0.25, 0.3) is 10.9 Å². The number of rotatable bonds is 4. The number of para-hydroxylation sites is 1. The van der Waals surface area contributed by atoms with Gasteiger partial charge in [-0.2, -0.15) is 5.10 Å². The molecule has 2 aromatic rings. The number of piperidine rings is 2. The van der Waals surface area contributed by atoms with Crippen LogP contribution in [0.15, 0.2) is 18.2 Å². The van der Waals surface area contributed by atoms with E-state index < -0.39 is 0 Å². The van der Waals surface area contributed by atoms with E-state index >= 15 is 0 Å². The molecular weight excluding hydrogens is 404 g/mol. The van der Waals surface area contributed by atoms with Gasteiger partial charge in [-0.3, -0.25) is 24.5 Å². The number of aromatic nitrogens is 2. The van der Waals surface area contributed by atoms with Gasteiger partial charge in [0, 0.05) is 64.2 Å². The summed E-state index contributed by atoms with van der Waals surface area (Å²) in [5.74, 6) is -0.0325. The average Bonchev–Trinajstić information content (AvgIpc) is 3.12. The molecule has 5 rings (SSSR count). The van der Waals surface area contributed by atoms with Gasteiger partial charge in [0.1, 0.15) is 0 Å². The number of piperazine rings is 1. The number of hydrogen-bond donors (Lipinski definition) is 2. The van der Waals surface area contributed by atoms with Crippen LogP contribution >= 0.6 is 0 Å². The second-order valence-electron chi connectivity index (χ2n) is 9.66. The van der Waals surface area contributed by atoms with Gasteiger partial charge in [-0.25, -0.2) is 0 Å². The van der Waals surface area contributed by atoms with Crippen LogP contribution in [0.5, 0.6) is 0 Å². The van der Waals surface area contributed by atoms with Crippen LogP contribution in [0, 0.1) is 5.92 Å². The van der Waals surface area contributed by atoms with Gasteiger partial charge in [-0.05, 0) is 38.2 Å². The molecule has 2 amide bonds. The summed E-state index contributed by atoms with van der Waals surface area (Å²) in [6.45, 7) is 8.96. The molecule has 3 aliphatic rings. The van der Waals surface area contributed by atoms with E-state index in [0.717, 1.165) is 55.2 Å². The van der Waals surface area contributed by atoms with Crippen molar-refractivity contribution in [3.05, 3.63) is 23.9 Å². The van der Waals surface area contributed by atoms with Crippen LogP contribution in [0.2, 0.25) is 0 Å². The monoisotopic (exact) mass is 438 g/mol. The summed E-state index contributed by atoms with van der Waals surface area (Å²) in [4.78, 5) is 29.2. The van der Waals surface area contributed by atoms with Gasteiger partial charge < -0.3 is 10.2 Å².